The lowest BCUT2D eigenvalue weighted by Gasteiger charge is -2.15. The average Bonchev–Trinajstić information content (AvgIpc) is 2.22. The molecule has 0 aliphatic heterocycles. The maximum absolute atomic E-state index is 11.2. The zero-order valence-corrected chi connectivity index (χ0v) is 10.5. The van der Waals surface area contributed by atoms with Crippen molar-refractivity contribution in [2.24, 2.45) is 0 Å². The van der Waals surface area contributed by atoms with E-state index in [1.807, 2.05) is 13.8 Å². The van der Waals surface area contributed by atoms with Crippen molar-refractivity contribution < 1.29 is 9.84 Å². The van der Waals surface area contributed by atoms with E-state index >= 15 is 0 Å². The zero-order valence-electron chi connectivity index (χ0n) is 10.5. The monoisotopic (exact) mass is 240 g/mol. The summed E-state index contributed by atoms with van der Waals surface area (Å²) in [5.74, 6) is 0.481. The van der Waals surface area contributed by atoms with Crippen LogP contribution in [0.4, 0.5) is 0 Å². The second kappa shape index (κ2) is 6.42. The SMILES string of the molecule is Cc1cc(OCC(O)CNC(C)C)cc(=O)[nH]1. The van der Waals surface area contributed by atoms with Gasteiger partial charge in [0.15, 0.2) is 0 Å². The van der Waals surface area contributed by atoms with Gasteiger partial charge in [-0.3, -0.25) is 4.79 Å². The van der Waals surface area contributed by atoms with Gasteiger partial charge in [0.1, 0.15) is 18.5 Å². The van der Waals surface area contributed by atoms with E-state index in [2.05, 4.69) is 10.3 Å². The number of H-pyrrole nitrogens is 1. The second-order valence-corrected chi connectivity index (χ2v) is 4.39. The van der Waals surface area contributed by atoms with Gasteiger partial charge in [0.2, 0.25) is 0 Å². The summed E-state index contributed by atoms with van der Waals surface area (Å²) in [6, 6.07) is 3.42. The molecule has 0 bridgehead atoms. The molecule has 5 heteroatoms. The Hall–Kier alpha value is -1.33. The van der Waals surface area contributed by atoms with E-state index in [1.54, 1.807) is 13.0 Å². The van der Waals surface area contributed by atoms with Crippen molar-refractivity contribution in [3.05, 3.63) is 28.2 Å². The lowest BCUT2D eigenvalue weighted by Crippen LogP contribution is -2.35. The van der Waals surface area contributed by atoms with Gasteiger partial charge in [0, 0.05) is 24.3 Å². The van der Waals surface area contributed by atoms with Gasteiger partial charge >= 0.3 is 0 Å². The number of pyridine rings is 1. The molecule has 0 radical (unpaired) electrons. The molecule has 0 saturated carbocycles. The Labute approximate surface area is 101 Å². The molecule has 17 heavy (non-hydrogen) atoms. The Morgan fingerprint density at radius 1 is 1.47 bits per heavy atom. The number of hydrogen-bond donors (Lipinski definition) is 3. The van der Waals surface area contributed by atoms with E-state index in [-0.39, 0.29) is 12.2 Å². The van der Waals surface area contributed by atoms with Gasteiger partial charge < -0.3 is 20.1 Å². The number of aromatic nitrogens is 1. The summed E-state index contributed by atoms with van der Waals surface area (Å²) in [6.07, 6.45) is -0.586. The Morgan fingerprint density at radius 2 is 2.18 bits per heavy atom. The fraction of sp³-hybridized carbons (Fsp3) is 0.583. The first-order valence-electron chi connectivity index (χ1n) is 5.72. The molecule has 1 rings (SSSR count). The van der Waals surface area contributed by atoms with Crippen LogP contribution in [0.5, 0.6) is 5.75 Å². The van der Waals surface area contributed by atoms with Crippen LogP contribution < -0.4 is 15.6 Å². The van der Waals surface area contributed by atoms with Crippen molar-refractivity contribution >= 4 is 0 Å². The molecule has 1 atom stereocenters. The van der Waals surface area contributed by atoms with Gasteiger partial charge in [0.25, 0.3) is 5.56 Å². The maximum atomic E-state index is 11.2. The Bertz CT molecular complexity index is 401. The van der Waals surface area contributed by atoms with Crippen molar-refractivity contribution in [3.63, 3.8) is 0 Å². The molecule has 0 aliphatic rings. The van der Waals surface area contributed by atoms with E-state index in [9.17, 15) is 9.90 Å². The van der Waals surface area contributed by atoms with Gasteiger partial charge in [-0.15, -0.1) is 0 Å². The molecule has 0 saturated heterocycles. The molecule has 0 aliphatic carbocycles. The van der Waals surface area contributed by atoms with E-state index in [4.69, 9.17) is 4.74 Å². The summed E-state index contributed by atoms with van der Waals surface area (Å²) in [7, 11) is 0. The zero-order chi connectivity index (χ0) is 12.8. The van der Waals surface area contributed by atoms with Crippen LogP contribution in [0.25, 0.3) is 0 Å². The highest BCUT2D eigenvalue weighted by Crippen LogP contribution is 2.07. The predicted octanol–water partition coefficient (Wildman–Crippen LogP) is 0.421. The highest BCUT2D eigenvalue weighted by Gasteiger charge is 2.06. The van der Waals surface area contributed by atoms with E-state index in [1.165, 1.54) is 6.07 Å². The Kier molecular flexibility index (Phi) is 5.18. The third-order valence-corrected chi connectivity index (χ3v) is 2.16. The highest BCUT2D eigenvalue weighted by atomic mass is 16.5. The van der Waals surface area contributed by atoms with Crippen LogP contribution in [-0.4, -0.2) is 35.4 Å². The van der Waals surface area contributed by atoms with E-state index < -0.39 is 6.10 Å². The quantitative estimate of drug-likeness (QED) is 0.674. The van der Waals surface area contributed by atoms with Gasteiger partial charge in [-0.1, -0.05) is 13.8 Å². The molecule has 3 N–H and O–H groups in total. The summed E-state index contributed by atoms with van der Waals surface area (Å²) < 4.78 is 5.35. The Balaban J connectivity index is 2.41. The second-order valence-electron chi connectivity index (χ2n) is 4.39. The van der Waals surface area contributed by atoms with E-state index in [0.717, 1.165) is 5.69 Å². The largest absolute Gasteiger partial charge is 0.491 e. The predicted molar refractivity (Wildman–Crippen MR) is 66.4 cm³/mol. The number of aryl methyl sites for hydroxylation is 1. The minimum Gasteiger partial charge on any atom is -0.491 e. The minimum absolute atomic E-state index is 0.169. The van der Waals surface area contributed by atoms with Crippen LogP contribution in [0.15, 0.2) is 16.9 Å². The van der Waals surface area contributed by atoms with Crippen molar-refractivity contribution in [2.75, 3.05) is 13.2 Å². The molecule has 1 aromatic heterocycles. The molecule has 0 fully saturated rings. The van der Waals surface area contributed by atoms with Gasteiger partial charge in [-0.2, -0.15) is 0 Å². The van der Waals surface area contributed by atoms with Crippen LogP contribution in [-0.2, 0) is 0 Å². The lowest BCUT2D eigenvalue weighted by atomic mass is 10.3. The summed E-state index contributed by atoms with van der Waals surface area (Å²) in [5.41, 5.74) is 0.539. The molecule has 1 unspecified atom stereocenters. The first-order valence-corrected chi connectivity index (χ1v) is 5.72. The average molecular weight is 240 g/mol. The summed E-state index contributed by atoms with van der Waals surface area (Å²) in [4.78, 5) is 13.8. The molecule has 0 amide bonds. The van der Waals surface area contributed by atoms with Crippen LogP contribution >= 0.6 is 0 Å². The third kappa shape index (κ3) is 5.51. The maximum Gasteiger partial charge on any atom is 0.251 e. The van der Waals surface area contributed by atoms with Crippen molar-refractivity contribution in [2.45, 2.75) is 32.9 Å². The van der Waals surface area contributed by atoms with Crippen molar-refractivity contribution in [3.8, 4) is 5.75 Å². The molecule has 96 valence electrons. The fourth-order valence-electron chi connectivity index (χ4n) is 1.36. The van der Waals surface area contributed by atoms with Crippen LogP contribution in [0.1, 0.15) is 19.5 Å². The summed E-state index contributed by atoms with van der Waals surface area (Å²) in [5, 5.41) is 12.7. The molecule has 0 spiro atoms. The number of ether oxygens (including phenoxy) is 1. The number of aromatic amines is 1. The molecule has 1 heterocycles. The minimum atomic E-state index is -0.586. The van der Waals surface area contributed by atoms with Crippen LogP contribution in [0.3, 0.4) is 0 Å². The van der Waals surface area contributed by atoms with Crippen LogP contribution in [0.2, 0.25) is 0 Å². The molecule has 0 aromatic carbocycles. The van der Waals surface area contributed by atoms with Crippen molar-refractivity contribution in [1.29, 1.82) is 0 Å². The first-order chi connectivity index (χ1) is 7.97. The topological polar surface area (TPSA) is 74.3 Å². The van der Waals surface area contributed by atoms with Crippen molar-refractivity contribution in [1.82, 2.24) is 10.3 Å². The first kappa shape index (κ1) is 13.7. The smallest absolute Gasteiger partial charge is 0.251 e. The van der Waals surface area contributed by atoms with Crippen LogP contribution in [0, 0.1) is 6.92 Å². The van der Waals surface area contributed by atoms with Gasteiger partial charge in [0.05, 0.1) is 0 Å². The number of aliphatic hydroxyl groups excluding tert-OH is 1. The van der Waals surface area contributed by atoms with E-state index in [0.29, 0.717) is 18.3 Å². The van der Waals surface area contributed by atoms with Gasteiger partial charge in [-0.05, 0) is 13.0 Å². The van der Waals surface area contributed by atoms with Gasteiger partial charge in [-0.25, -0.2) is 0 Å². The number of aliphatic hydroxyl groups is 1. The standard InChI is InChI=1S/C12H20N2O3/c1-8(2)13-6-10(15)7-17-11-4-9(3)14-12(16)5-11/h4-5,8,10,13,15H,6-7H2,1-3H3,(H,14,16). The lowest BCUT2D eigenvalue weighted by molar-refractivity contribution is 0.104. The normalized spacial score (nSPS) is 12.8. The third-order valence-electron chi connectivity index (χ3n) is 2.16. The summed E-state index contributed by atoms with van der Waals surface area (Å²) >= 11 is 0. The number of rotatable bonds is 6. The molecular weight excluding hydrogens is 220 g/mol. The number of hydrogen-bond acceptors (Lipinski definition) is 4. The molecule has 5 nitrogen and oxygen atoms in total. The number of nitrogens with one attached hydrogen (secondary N) is 2. The summed E-state index contributed by atoms with van der Waals surface area (Å²) in [6.45, 7) is 6.44. The Morgan fingerprint density at radius 3 is 2.76 bits per heavy atom. The molecular formula is C12H20N2O3. The molecule has 1 aromatic rings. The fourth-order valence-corrected chi connectivity index (χ4v) is 1.36. The highest BCUT2D eigenvalue weighted by molar-refractivity contribution is 5.21.